The van der Waals surface area contributed by atoms with Gasteiger partial charge in [0.15, 0.2) is 11.6 Å². The minimum atomic E-state index is -0.330. The van der Waals surface area contributed by atoms with E-state index in [9.17, 15) is 9.59 Å². The monoisotopic (exact) mass is 230 g/mol. The molecular weight excluding hydrogens is 216 g/mol. The van der Waals surface area contributed by atoms with Crippen LogP contribution < -0.4 is 11.1 Å². The van der Waals surface area contributed by atoms with Crippen molar-refractivity contribution in [2.45, 2.75) is 13.3 Å². The number of benzene rings is 1. The number of hydrogen-bond donors (Lipinski definition) is 2. The van der Waals surface area contributed by atoms with Gasteiger partial charge in [-0.05, 0) is 25.5 Å². The second-order valence-electron chi connectivity index (χ2n) is 4.10. The number of carbonyl (C=O) groups excluding carboxylic acids is 2. The van der Waals surface area contributed by atoms with Crippen molar-refractivity contribution >= 4 is 22.9 Å². The Kier molecular flexibility index (Phi) is 2.71. The van der Waals surface area contributed by atoms with Crippen LogP contribution in [0.3, 0.4) is 0 Å². The van der Waals surface area contributed by atoms with Crippen molar-refractivity contribution in [2.75, 3.05) is 17.6 Å². The SMILES string of the molecule is C=C(C(C)=O)C(=O)c1ccc(N)c2c1NCC2. The lowest BCUT2D eigenvalue weighted by atomic mass is 9.97. The third kappa shape index (κ3) is 1.82. The van der Waals surface area contributed by atoms with Crippen LogP contribution in [0.25, 0.3) is 0 Å². The number of fused-ring (bicyclic) bond motifs is 1. The quantitative estimate of drug-likeness (QED) is 0.272. The molecule has 4 nitrogen and oxygen atoms in total. The average molecular weight is 230 g/mol. The molecule has 4 heteroatoms. The van der Waals surface area contributed by atoms with Crippen LogP contribution in [0.4, 0.5) is 11.4 Å². The van der Waals surface area contributed by atoms with E-state index in [0.717, 1.165) is 24.2 Å². The Balaban J connectivity index is 2.48. The first-order valence-corrected chi connectivity index (χ1v) is 5.42. The first-order valence-electron chi connectivity index (χ1n) is 5.42. The van der Waals surface area contributed by atoms with E-state index in [4.69, 9.17) is 5.73 Å². The lowest BCUT2D eigenvalue weighted by Crippen LogP contribution is -2.11. The van der Waals surface area contributed by atoms with E-state index in [-0.39, 0.29) is 17.1 Å². The summed E-state index contributed by atoms with van der Waals surface area (Å²) < 4.78 is 0. The van der Waals surface area contributed by atoms with Crippen molar-refractivity contribution in [2.24, 2.45) is 0 Å². The van der Waals surface area contributed by atoms with Crippen molar-refractivity contribution in [3.63, 3.8) is 0 Å². The van der Waals surface area contributed by atoms with E-state index >= 15 is 0 Å². The van der Waals surface area contributed by atoms with Gasteiger partial charge in [-0.25, -0.2) is 0 Å². The maximum absolute atomic E-state index is 12.1. The van der Waals surface area contributed by atoms with Crippen molar-refractivity contribution < 1.29 is 9.59 Å². The molecule has 1 aromatic carbocycles. The summed E-state index contributed by atoms with van der Waals surface area (Å²) in [7, 11) is 0. The molecule has 2 rings (SSSR count). The molecule has 0 bridgehead atoms. The Hall–Kier alpha value is -2.10. The highest BCUT2D eigenvalue weighted by molar-refractivity contribution is 6.27. The standard InChI is InChI=1S/C13H14N2O2/c1-7(8(2)16)13(17)10-3-4-11(14)9-5-6-15-12(9)10/h3-4,15H,1,5-6,14H2,2H3. The summed E-state index contributed by atoms with van der Waals surface area (Å²) in [6, 6.07) is 3.34. The molecule has 0 saturated carbocycles. The smallest absolute Gasteiger partial charge is 0.198 e. The average Bonchev–Trinajstić information content (AvgIpc) is 2.77. The molecule has 0 saturated heterocycles. The topological polar surface area (TPSA) is 72.2 Å². The number of Topliss-reactive ketones (excluding diaryl/α,β-unsaturated/α-hetero) is 2. The summed E-state index contributed by atoms with van der Waals surface area (Å²) in [4.78, 5) is 23.2. The number of hydrogen-bond acceptors (Lipinski definition) is 4. The summed E-state index contributed by atoms with van der Waals surface area (Å²) in [6.45, 7) is 5.62. The van der Waals surface area contributed by atoms with Gasteiger partial charge >= 0.3 is 0 Å². The van der Waals surface area contributed by atoms with Crippen molar-refractivity contribution in [3.05, 3.63) is 35.4 Å². The van der Waals surface area contributed by atoms with E-state index < -0.39 is 0 Å². The normalized spacial score (nSPS) is 12.8. The Morgan fingerprint density at radius 1 is 1.41 bits per heavy atom. The minimum absolute atomic E-state index is 0.00525. The van der Waals surface area contributed by atoms with Crippen LogP contribution in [-0.4, -0.2) is 18.1 Å². The number of ketones is 2. The second-order valence-corrected chi connectivity index (χ2v) is 4.10. The largest absolute Gasteiger partial charge is 0.398 e. The molecule has 0 fully saturated rings. The zero-order chi connectivity index (χ0) is 12.6. The molecule has 0 radical (unpaired) electrons. The van der Waals surface area contributed by atoms with E-state index in [1.807, 2.05) is 0 Å². The Morgan fingerprint density at radius 3 is 2.76 bits per heavy atom. The summed E-state index contributed by atoms with van der Waals surface area (Å²) >= 11 is 0. The van der Waals surface area contributed by atoms with E-state index in [0.29, 0.717) is 11.3 Å². The first-order chi connectivity index (χ1) is 8.02. The van der Waals surface area contributed by atoms with Crippen LogP contribution in [0.5, 0.6) is 0 Å². The lowest BCUT2D eigenvalue weighted by Gasteiger charge is -2.10. The van der Waals surface area contributed by atoms with Crippen LogP contribution in [0, 0.1) is 0 Å². The summed E-state index contributed by atoms with van der Waals surface area (Å²) in [5, 5.41) is 3.13. The van der Waals surface area contributed by atoms with Crippen molar-refractivity contribution in [1.82, 2.24) is 0 Å². The van der Waals surface area contributed by atoms with Crippen LogP contribution in [0.2, 0.25) is 0 Å². The van der Waals surface area contributed by atoms with Gasteiger partial charge in [-0.2, -0.15) is 0 Å². The molecule has 0 aliphatic carbocycles. The van der Waals surface area contributed by atoms with Gasteiger partial charge in [0.1, 0.15) is 0 Å². The zero-order valence-corrected chi connectivity index (χ0v) is 9.67. The Bertz CT molecular complexity index is 532. The molecule has 0 unspecified atom stereocenters. The lowest BCUT2D eigenvalue weighted by molar-refractivity contribution is -0.113. The molecule has 1 aromatic rings. The van der Waals surface area contributed by atoms with Crippen LogP contribution in [-0.2, 0) is 11.2 Å². The number of nitrogen functional groups attached to an aromatic ring is 1. The summed E-state index contributed by atoms with van der Waals surface area (Å²) in [5.41, 5.74) is 8.69. The van der Waals surface area contributed by atoms with Crippen LogP contribution in [0.1, 0.15) is 22.8 Å². The number of rotatable bonds is 3. The van der Waals surface area contributed by atoms with Gasteiger partial charge in [0.05, 0.1) is 11.3 Å². The molecule has 0 spiro atoms. The van der Waals surface area contributed by atoms with Gasteiger partial charge in [0.2, 0.25) is 0 Å². The fraction of sp³-hybridized carbons (Fsp3) is 0.231. The number of nitrogens with one attached hydrogen (secondary N) is 1. The van der Waals surface area contributed by atoms with Gasteiger partial charge < -0.3 is 11.1 Å². The first kappa shape index (κ1) is 11.4. The molecule has 1 aliphatic rings. The molecule has 1 heterocycles. The predicted octanol–water partition coefficient (Wildman–Crippen LogP) is 1.56. The highest BCUT2D eigenvalue weighted by atomic mass is 16.1. The molecule has 0 atom stereocenters. The van der Waals surface area contributed by atoms with Gasteiger partial charge in [-0.15, -0.1) is 0 Å². The molecular formula is C13H14N2O2. The Morgan fingerprint density at radius 2 is 2.12 bits per heavy atom. The van der Waals surface area contributed by atoms with Gasteiger partial charge in [-0.3, -0.25) is 9.59 Å². The van der Waals surface area contributed by atoms with E-state index in [1.54, 1.807) is 12.1 Å². The van der Waals surface area contributed by atoms with Gasteiger partial charge in [-0.1, -0.05) is 6.58 Å². The molecule has 17 heavy (non-hydrogen) atoms. The second kappa shape index (κ2) is 4.05. The third-order valence-electron chi connectivity index (χ3n) is 2.97. The van der Waals surface area contributed by atoms with E-state index in [2.05, 4.69) is 11.9 Å². The summed E-state index contributed by atoms with van der Waals surface area (Å²) in [5.74, 6) is -0.637. The number of anilines is 2. The minimum Gasteiger partial charge on any atom is -0.398 e. The number of allylic oxidation sites excluding steroid dienone is 1. The summed E-state index contributed by atoms with van der Waals surface area (Å²) in [6.07, 6.45) is 0.800. The maximum atomic E-state index is 12.1. The zero-order valence-electron chi connectivity index (χ0n) is 9.67. The van der Waals surface area contributed by atoms with Gasteiger partial charge in [0, 0.05) is 23.4 Å². The third-order valence-corrected chi connectivity index (χ3v) is 2.97. The number of carbonyl (C=O) groups is 2. The number of nitrogens with two attached hydrogens (primary N) is 1. The van der Waals surface area contributed by atoms with E-state index in [1.165, 1.54) is 6.92 Å². The van der Waals surface area contributed by atoms with Crippen molar-refractivity contribution in [1.29, 1.82) is 0 Å². The van der Waals surface area contributed by atoms with Gasteiger partial charge in [0.25, 0.3) is 0 Å². The molecule has 3 N–H and O–H groups in total. The van der Waals surface area contributed by atoms with Crippen LogP contribution in [0.15, 0.2) is 24.3 Å². The fourth-order valence-corrected chi connectivity index (χ4v) is 1.96. The highest BCUT2D eigenvalue weighted by Crippen LogP contribution is 2.32. The fourth-order valence-electron chi connectivity index (χ4n) is 1.96. The molecule has 88 valence electrons. The molecule has 1 aliphatic heterocycles. The molecule has 0 amide bonds. The Labute approximate surface area is 99.5 Å². The van der Waals surface area contributed by atoms with Crippen molar-refractivity contribution in [3.8, 4) is 0 Å². The van der Waals surface area contributed by atoms with Crippen LogP contribution >= 0.6 is 0 Å². The predicted molar refractivity (Wildman–Crippen MR) is 67.2 cm³/mol. The maximum Gasteiger partial charge on any atom is 0.198 e. The molecule has 0 aromatic heterocycles. The highest BCUT2D eigenvalue weighted by Gasteiger charge is 2.23.